The number of carbonyl (C=O) groups excluding carboxylic acids is 1. The fourth-order valence-corrected chi connectivity index (χ4v) is 5.25. The summed E-state index contributed by atoms with van der Waals surface area (Å²) in [6, 6.07) is 18.4. The molecule has 0 atom stereocenters. The van der Waals surface area contributed by atoms with E-state index in [-0.39, 0.29) is 5.78 Å². The molecular weight excluding hydrogens is 492 g/mol. The van der Waals surface area contributed by atoms with E-state index in [1.165, 1.54) is 11.3 Å². The van der Waals surface area contributed by atoms with Crippen molar-refractivity contribution in [2.75, 3.05) is 38.1 Å². The van der Waals surface area contributed by atoms with E-state index >= 15 is 0 Å². The number of allylic oxidation sites excluding steroid dienone is 2. The molecule has 0 aliphatic carbocycles. The number of hydrogen-bond acceptors (Lipinski definition) is 7. The highest BCUT2D eigenvalue weighted by Crippen LogP contribution is 2.32. The maximum atomic E-state index is 12.3. The number of benzene rings is 2. The van der Waals surface area contributed by atoms with Gasteiger partial charge in [0.05, 0.1) is 5.52 Å². The molecule has 2 aromatic heterocycles. The molecule has 0 N–H and O–H groups in total. The Morgan fingerprint density at radius 2 is 1.82 bits per heavy atom. The van der Waals surface area contributed by atoms with Gasteiger partial charge in [-0.25, -0.2) is 4.98 Å². The van der Waals surface area contributed by atoms with E-state index in [1.807, 2.05) is 41.8 Å². The molecule has 2 aromatic carbocycles. The minimum atomic E-state index is 0.0828. The summed E-state index contributed by atoms with van der Waals surface area (Å²) in [4.78, 5) is 26.7. The number of ketones is 1. The Kier molecular flexibility index (Phi) is 8.15. The van der Waals surface area contributed by atoms with Gasteiger partial charge >= 0.3 is 0 Å². The van der Waals surface area contributed by atoms with Gasteiger partial charge in [-0.15, -0.1) is 11.3 Å². The Balaban J connectivity index is 1.31. The third kappa shape index (κ3) is 6.65. The number of aromatic nitrogens is 2. The number of likely N-dealkylation sites (N-methyl/N-ethyl adjacent to an activating group) is 1. The predicted octanol–water partition coefficient (Wildman–Crippen LogP) is 6.15. The molecule has 0 spiro atoms. The zero-order valence-corrected chi connectivity index (χ0v) is 23.1. The van der Waals surface area contributed by atoms with Crippen molar-refractivity contribution in [2.24, 2.45) is 5.92 Å². The Hall–Kier alpha value is -3.55. The summed E-state index contributed by atoms with van der Waals surface area (Å²) < 4.78 is 7.19. The number of piperazine rings is 1. The van der Waals surface area contributed by atoms with Crippen LogP contribution in [0.3, 0.4) is 0 Å². The minimum absolute atomic E-state index is 0.0828. The zero-order chi connectivity index (χ0) is 26.5. The summed E-state index contributed by atoms with van der Waals surface area (Å²) in [5, 5.41) is 2.01. The van der Waals surface area contributed by atoms with Gasteiger partial charge in [-0.3, -0.25) is 4.79 Å². The molecule has 6 nitrogen and oxygen atoms in total. The molecule has 38 heavy (non-hydrogen) atoms. The molecule has 4 aromatic rings. The van der Waals surface area contributed by atoms with Gasteiger partial charge in [-0.2, -0.15) is 4.98 Å². The second kappa shape index (κ2) is 11.9. The summed E-state index contributed by atoms with van der Waals surface area (Å²) in [5.41, 5.74) is 4.23. The van der Waals surface area contributed by atoms with E-state index in [0.717, 1.165) is 47.8 Å². The van der Waals surface area contributed by atoms with E-state index in [4.69, 9.17) is 14.7 Å². The van der Waals surface area contributed by atoms with E-state index in [9.17, 15) is 4.79 Å². The first-order valence-corrected chi connectivity index (χ1v) is 14.1. The zero-order valence-electron chi connectivity index (χ0n) is 22.3. The highest BCUT2D eigenvalue weighted by molar-refractivity contribution is 7.17. The van der Waals surface area contributed by atoms with E-state index < -0.39 is 0 Å². The molecule has 1 saturated heterocycles. The first-order valence-electron chi connectivity index (χ1n) is 13.2. The first kappa shape index (κ1) is 26.1. The SMILES string of the molecule is CC(C)/C=C/C(=O)Cc1cccc(Oc2nc(Cc3ccc(N4CCN(C)CC4)cc3)nc3ccsc23)c1. The lowest BCUT2D eigenvalue weighted by Crippen LogP contribution is -2.44. The fraction of sp³-hybridized carbons (Fsp3) is 0.323. The molecule has 1 aliphatic heterocycles. The van der Waals surface area contributed by atoms with Gasteiger partial charge in [-0.05, 0) is 65.9 Å². The van der Waals surface area contributed by atoms with Crippen molar-refractivity contribution in [1.29, 1.82) is 0 Å². The summed E-state index contributed by atoms with van der Waals surface area (Å²) in [7, 11) is 2.17. The van der Waals surface area contributed by atoms with Crippen LogP contribution in [-0.4, -0.2) is 53.9 Å². The van der Waals surface area contributed by atoms with E-state index in [1.54, 1.807) is 17.4 Å². The molecule has 5 rings (SSSR count). The van der Waals surface area contributed by atoms with Crippen LogP contribution in [0.2, 0.25) is 0 Å². The highest BCUT2D eigenvalue weighted by atomic mass is 32.1. The molecule has 0 bridgehead atoms. The third-order valence-electron chi connectivity index (χ3n) is 6.64. The monoisotopic (exact) mass is 526 g/mol. The van der Waals surface area contributed by atoms with Gasteiger partial charge in [0.2, 0.25) is 5.88 Å². The van der Waals surface area contributed by atoms with Gasteiger partial charge < -0.3 is 14.5 Å². The second-order valence-electron chi connectivity index (χ2n) is 10.2. The molecule has 196 valence electrons. The minimum Gasteiger partial charge on any atom is -0.437 e. The number of rotatable bonds is 9. The number of carbonyl (C=O) groups is 1. The highest BCUT2D eigenvalue weighted by Gasteiger charge is 2.15. The Morgan fingerprint density at radius 1 is 1.03 bits per heavy atom. The summed E-state index contributed by atoms with van der Waals surface area (Å²) >= 11 is 1.57. The lowest BCUT2D eigenvalue weighted by Gasteiger charge is -2.34. The molecule has 0 saturated carbocycles. The molecule has 0 amide bonds. The van der Waals surface area contributed by atoms with Crippen LogP contribution in [0.4, 0.5) is 5.69 Å². The molecule has 1 aliphatic rings. The van der Waals surface area contributed by atoms with Gasteiger partial charge in [0.15, 0.2) is 5.78 Å². The lowest BCUT2D eigenvalue weighted by molar-refractivity contribution is -0.114. The Morgan fingerprint density at radius 3 is 2.58 bits per heavy atom. The first-order chi connectivity index (χ1) is 18.4. The number of nitrogens with zero attached hydrogens (tertiary/aromatic N) is 4. The number of hydrogen-bond donors (Lipinski definition) is 0. The smallest absolute Gasteiger partial charge is 0.240 e. The average molecular weight is 527 g/mol. The lowest BCUT2D eigenvalue weighted by atomic mass is 10.1. The predicted molar refractivity (Wildman–Crippen MR) is 156 cm³/mol. The summed E-state index contributed by atoms with van der Waals surface area (Å²) in [6.45, 7) is 8.41. The standard InChI is InChI=1S/C31H34N4O2S/c1-22(2)7-12-26(36)19-24-5-4-6-27(20-24)37-31-30-28(13-18-38-30)32-29(33-31)21-23-8-10-25(11-9-23)35-16-14-34(3)15-17-35/h4-13,18,20,22H,14-17,19,21H2,1-3H3/b12-7+. The van der Waals surface area contributed by atoms with Crippen molar-refractivity contribution in [2.45, 2.75) is 26.7 Å². The van der Waals surface area contributed by atoms with Gasteiger partial charge in [0, 0.05) is 44.7 Å². The number of fused-ring (bicyclic) bond motifs is 1. The van der Waals surface area contributed by atoms with Crippen LogP contribution in [0.5, 0.6) is 11.6 Å². The number of ether oxygens (including phenoxy) is 1. The van der Waals surface area contributed by atoms with Gasteiger partial charge in [0.25, 0.3) is 0 Å². The van der Waals surface area contributed by atoms with Crippen molar-refractivity contribution in [3.8, 4) is 11.6 Å². The Bertz CT molecular complexity index is 1420. The van der Waals surface area contributed by atoms with E-state index in [2.05, 4.69) is 55.0 Å². The maximum Gasteiger partial charge on any atom is 0.240 e. The molecule has 0 radical (unpaired) electrons. The van der Waals surface area contributed by atoms with Crippen LogP contribution in [0, 0.1) is 5.92 Å². The number of anilines is 1. The van der Waals surface area contributed by atoms with Crippen LogP contribution in [0.25, 0.3) is 10.2 Å². The summed E-state index contributed by atoms with van der Waals surface area (Å²) in [5.74, 6) is 2.38. The molecule has 0 unspecified atom stereocenters. The van der Waals surface area contributed by atoms with Crippen molar-refractivity contribution < 1.29 is 9.53 Å². The van der Waals surface area contributed by atoms with Crippen LogP contribution >= 0.6 is 11.3 Å². The largest absolute Gasteiger partial charge is 0.437 e. The maximum absolute atomic E-state index is 12.3. The molecule has 7 heteroatoms. The second-order valence-corrected chi connectivity index (χ2v) is 11.1. The van der Waals surface area contributed by atoms with Gasteiger partial charge in [0.1, 0.15) is 16.3 Å². The van der Waals surface area contributed by atoms with Gasteiger partial charge in [-0.1, -0.05) is 44.2 Å². The van der Waals surface area contributed by atoms with Crippen LogP contribution < -0.4 is 9.64 Å². The fourth-order valence-electron chi connectivity index (χ4n) is 4.49. The van der Waals surface area contributed by atoms with Crippen LogP contribution in [0.1, 0.15) is 30.8 Å². The van der Waals surface area contributed by atoms with Crippen LogP contribution in [0.15, 0.2) is 72.1 Å². The quantitative estimate of drug-likeness (QED) is 0.244. The van der Waals surface area contributed by atoms with Crippen molar-refractivity contribution >= 4 is 33.0 Å². The van der Waals surface area contributed by atoms with Crippen LogP contribution in [-0.2, 0) is 17.6 Å². The van der Waals surface area contributed by atoms with E-state index in [0.29, 0.717) is 30.4 Å². The summed E-state index contributed by atoms with van der Waals surface area (Å²) in [6.07, 6.45) is 4.57. The van der Waals surface area contributed by atoms with Crippen molar-refractivity contribution in [3.05, 3.63) is 89.1 Å². The number of thiophene rings is 1. The normalized spacial score (nSPS) is 14.6. The topological polar surface area (TPSA) is 58.6 Å². The third-order valence-corrected chi connectivity index (χ3v) is 7.54. The van der Waals surface area contributed by atoms with Crippen molar-refractivity contribution in [3.63, 3.8) is 0 Å². The Labute approximate surface area is 228 Å². The average Bonchev–Trinajstić information content (AvgIpc) is 3.38. The molecular formula is C31H34N4O2S. The molecule has 3 heterocycles. The van der Waals surface area contributed by atoms with Crippen molar-refractivity contribution in [1.82, 2.24) is 14.9 Å². The molecule has 1 fully saturated rings.